The summed E-state index contributed by atoms with van der Waals surface area (Å²) >= 11 is 3.34. The number of ketones is 1. The van der Waals surface area contributed by atoms with E-state index in [2.05, 4.69) is 21.2 Å². The number of Topliss-reactive ketones (excluding diaryl/α,β-unsaturated/α-hetero) is 1. The molecule has 3 amide bonds. The van der Waals surface area contributed by atoms with Gasteiger partial charge in [-0.25, -0.2) is 4.79 Å². The van der Waals surface area contributed by atoms with Crippen LogP contribution in [0.25, 0.3) is 0 Å². The standard InChI is InChI=1S/C17H21BrN2O3/c1-4-17(11(2)3)15(22)20(16(23)19-17)10-14(21)9-12-5-7-13(18)8-6-12/h5-8,11H,4,9-10H2,1-3H3,(H,19,23). The van der Waals surface area contributed by atoms with Crippen molar-refractivity contribution in [2.45, 2.75) is 39.2 Å². The molecule has 0 aromatic heterocycles. The van der Waals surface area contributed by atoms with Crippen molar-refractivity contribution < 1.29 is 14.4 Å². The third-order valence-corrected chi connectivity index (χ3v) is 4.92. The fourth-order valence-corrected chi connectivity index (χ4v) is 3.15. The Morgan fingerprint density at radius 1 is 1.26 bits per heavy atom. The average molecular weight is 381 g/mol. The number of benzene rings is 1. The normalized spacial score (nSPS) is 21.0. The van der Waals surface area contributed by atoms with E-state index in [1.165, 1.54) is 0 Å². The Bertz CT molecular complexity index is 627. The minimum absolute atomic E-state index is 0.0319. The van der Waals surface area contributed by atoms with Gasteiger partial charge in [0.05, 0.1) is 6.54 Å². The Morgan fingerprint density at radius 3 is 2.35 bits per heavy atom. The summed E-state index contributed by atoms with van der Waals surface area (Å²) in [6.07, 6.45) is 0.706. The molecule has 1 atom stereocenters. The van der Waals surface area contributed by atoms with Crippen LogP contribution >= 0.6 is 15.9 Å². The highest BCUT2D eigenvalue weighted by Crippen LogP contribution is 2.29. The van der Waals surface area contributed by atoms with Crippen LogP contribution < -0.4 is 5.32 Å². The zero-order valence-corrected chi connectivity index (χ0v) is 15.1. The molecule has 2 rings (SSSR count). The van der Waals surface area contributed by atoms with E-state index >= 15 is 0 Å². The Hall–Kier alpha value is -1.69. The fraction of sp³-hybridized carbons (Fsp3) is 0.471. The minimum Gasteiger partial charge on any atom is -0.323 e. The molecule has 1 aromatic carbocycles. The van der Waals surface area contributed by atoms with Crippen molar-refractivity contribution in [1.29, 1.82) is 0 Å². The molecule has 1 aromatic rings. The van der Waals surface area contributed by atoms with Crippen LogP contribution in [0.1, 0.15) is 32.8 Å². The smallest absolute Gasteiger partial charge is 0.323 e. The van der Waals surface area contributed by atoms with Gasteiger partial charge in [0.15, 0.2) is 5.78 Å². The SMILES string of the molecule is CCC1(C(C)C)NC(=O)N(CC(=O)Cc2ccc(Br)cc2)C1=O. The zero-order chi connectivity index (χ0) is 17.2. The molecule has 6 heteroatoms. The molecule has 23 heavy (non-hydrogen) atoms. The first kappa shape index (κ1) is 17.7. The number of nitrogens with one attached hydrogen (secondary N) is 1. The van der Waals surface area contributed by atoms with Gasteiger partial charge in [-0.2, -0.15) is 0 Å². The minimum atomic E-state index is -0.894. The first-order valence-corrected chi connectivity index (χ1v) is 8.49. The van der Waals surface area contributed by atoms with E-state index in [0.29, 0.717) is 6.42 Å². The number of nitrogens with zero attached hydrogens (tertiary/aromatic N) is 1. The average Bonchev–Trinajstić information content (AvgIpc) is 2.74. The topological polar surface area (TPSA) is 66.5 Å². The highest BCUT2D eigenvalue weighted by atomic mass is 79.9. The highest BCUT2D eigenvalue weighted by Gasteiger charge is 2.52. The van der Waals surface area contributed by atoms with Gasteiger partial charge in [0.1, 0.15) is 5.54 Å². The van der Waals surface area contributed by atoms with E-state index in [1.807, 2.05) is 45.0 Å². The van der Waals surface area contributed by atoms with Crippen LogP contribution in [0.5, 0.6) is 0 Å². The molecule has 1 aliphatic rings. The van der Waals surface area contributed by atoms with Crippen LogP contribution in [0.15, 0.2) is 28.7 Å². The summed E-state index contributed by atoms with van der Waals surface area (Å²) in [5.74, 6) is -0.494. The molecule has 0 spiro atoms. The number of urea groups is 1. The number of carbonyl (C=O) groups is 3. The van der Waals surface area contributed by atoms with Crippen molar-refractivity contribution in [2.24, 2.45) is 5.92 Å². The second-order valence-electron chi connectivity index (χ2n) is 6.14. The lowest BCUT2D eigenvalue weighted by Crippen LogP contribution is -2.51. The van der Waals surface area contributed by atoms with Crippen molar-refractivity contribution in [1.82, 2.24) is 10.2 Å². The van der Waals surface area contributed by atoms with Crippen LogP contribution in [0.2, 0.25) is 0 Å². The summed E-state index contributed by atoms with van der Waals surface area (Å²) < 4.78 is 0.937. The molecule has 1 aliphatic heterocycles. The van der Waals surface area contributed by atoms with Crippen LogP contribution in [0.4, 0.5) is 4.79 Å². The van der Waals surface area contributed by atoms with E-state index in [4.69, 9.17) is 0 Å². The molecule has 1 unspecified atom stereocenters. The van der Waals surface area contributed by atoms with Crippen molar-refractivity contribution in [3.8, 4) is 0 Å². The lowest BCUT2D eigenvalue weighted by Gasteiger charge is -2.29. The summed E-state index contributed by atoms with van der Waals surface area (Å²) in [5, 5.41) is 2.77. The number of carbonyl (C=O) groups excluding carboxylic acids is 3. The van der Waals surface area contributed by atoms with Crippen LogP contribution in [-0.2, 0) is 16.0 Å². The highest BCUT2D eigenvalue weighted by molar-refractivity contribution is 9.10. The number of hydrogen-bond acceptors (Lipinski definition) is 3. The summed E-state index contributed by atoms with van der Waals surface area (Å²) in [6, 6.07) is 6.93. The van der Waals surface area contributed by atoms with Gasteiger partial charge < -0.3 is 5.32 Å². The van der Waals surface area contributed by atoms with Crippen molar-refractivity contribution in [3.63, 3.8) is 0 Å². The molecular weight excluding hydrogens is 360 g/mol. The maximum absolute atomic E-state index is 12.6. The lowest BCUT2D eigenvalue weighted by molar-refractivity contribution is -0.135. The number of amides is 3. The van der Waals surface area contributed by atoms with Crippen molar-refractivity contribution in [2.75, 3.05) is 6.54 Å². The number of rotatable bonds is 6. The predicted molar refractivity (Wildman–Crippen MR) is 91.0 cm³/mol. The molecule has 5 nitrogen and oxygen atoms in total. The molecule has 0 saturated carbocycles. The first-order chi connectivity index (χ1) is 10.8. The molecule has 0 radical (unpaired) electrons. The summed E-state index contributed by atoms with van der Waals surface area (Å²) in [6.45, 7) is 5.48. The molecule has 1 N–H and O–H groups in total. The third kappa shape index (κ3) is 3.47. The molecule has 0 bridgehead atoms. The Balaban J connectivity index is 2.07. The van der Waals surface area contributed by atoms with Gasteiger partial charge in [-0.3, -0.25) is 14.5 Å². The van der Waals surface area contributed by atoms with Gasteiger partial charge in [-0.05, 0) is 30.0 Å². The number of hydrogen-bond donors (Lipinski definition) is 1. The maximum atomic E-state index is 12.6. The molecular formula is C17H21BrN2O3. The monoisotopic (exact) mass is 380 g/mol. The van der Waals surface area contributed by atoms with E-state index < -0.39 is 11.6 Å². The second kappa shape index (κ2) is 6.83. The Kier molecular flexibility index (Phi) is 5.24. The van der Waals surface area contributed by atoms with Gasteiger partial charge in [0.25, 0.3) is 5.91 Å². The zero-order valence-electron chi connectivity index (χ0n) is 13.6. The van der Waals surface area contributed by atoms with E-state index in [-0.39, 0.29) is 30.6 Å². The largest absolute Gasteiger partial charge is 0.325 e. The van der Waals surface area contributed by atoms with Crippen LogP contribution in [0, 0.1) is 5.92 Å². The Labute approximate surface area is 144 Å². The maximum Gasteiger partial charge on any atom is 0.325 e. The van der Waals surface area contributed by atoms with Crippen LogP contribution in [0.3, 0.4) is 0 Å². The van der Waals surface area contributed by atoms with Crippen molar-refractivity contribution >= 4 is 33.7 Å². The van der Waals surface area contributed by atoms with Gasteiger partial charge in [0.2, 0.25) is 0 Å². The first-order valence-electron chi connectivity index (χ1n) is 7.70. The molecule has 1 fully saturated rings. The number of halogens is 1. The second-order valence-corrected chi connectivity index (χ2v) is 7.06. The Morgan fingerprint density at radius 2 is 1.87 bits per heavy atom. The lowest BCUT2D eigenvalue weighted by atomic mass is 9.84. The van der Waals surface area contributed by atoms with Gasteiger partial charge in [0, 0.05) is 10.9 Å². The molecule has 1 saturated heterocycles. The van der Waals surface area contributed by atoms with Gasteiger partial charge >= 0.3 is 6.03 Å². The van der Waals surface area contributed by atoms with Crippen LogP contribution in [-0.4, -0.2) is 34.7 Å². The fourth-order valence-electron chi connectivity index (χ4n) is 2.89. The predicted octanol–water partition coefficient (Wildman–Crippen LogP) is 2.92. The van der Waals surface area contributed by atoms with E-state index in [9.17, 15) is 14.4 Å². The van der Waals surface area contributed by atoms with Gasteiger partial charge in [-0.1, -0.05) is 48.8 Å². The summed E-state index contributed by atoms with van der Waals surface area (Å²) in [4.78, 5) is 38.0. The van der Waals surface area contributed by atoms with E-state index in [0.717, 1.165) is 14.9 Å². The van der Waals surface area contributed by atoms with E-state index in [1.54, 1.807) is 0 Å². The van der Waals surface area contributed by atoms with Gasteiger partial charge in [-0.15, -0.1) is 0 Å². The summed E-state index contributed by atoms with van der Waals surface area (Å²) in [7, 11) is 0. The third-order valence-electron chi connectivity index (χ3n) is 4.39. The summed E-state index contributed by atoms with van der Waals surface area (Å²) in [5.41, 5.74) is -0.0366. The molecule has 1 heterocycles. The molecule has 0 aliphatic carbocycles. The van der Waals surface area contributed by atoms with Crippen molar-refractivity contribution in [3.05, 3.63) is 34.3 Å². The molecule has 124 valence electrons. The quantitative estimate of drug-likeness (QED) is 0.771. The number of imide groups is 1.